The number of rotatable bonds is 8. The summed E-state index contributed by atoms with van der Waals surface area (Å²) < 4.78 is 2.00. The molecule has 8 nitrogen and oxygen atoms in total. The van der Waals surface area contributed by atoms with Gasteiger partial charge in [0.2, 0.25) is 11.8 Å². The first-order chi connectivity index (χ1) is 18.0. The first-order valence-corrected chi connectivity index (χ1v) is 12.9. The first-order valence-electron chi connectivity index (χ1n) is 12.9. The van der Waals surface area contributed by atoms with Gasteiger partial charge in [0.1, 0.15) is 0 Å². The van der Waals surface area contributed by atoms with E-state index in [1.54, 1.807) is 0 Å². The Morgan fingerprint density at radius 2 is 1.70 bits per heavy atom. The van der Waals surface area contributed by atoms with Gasteiger partial charge in [0.05, 0.1) is 25.2 Å². The number of H-pyrrole nitrogens is 1. The van der Waals surface area contributed by atoms with Crippen molar-refractivity contribution in [2.75, 3.05) is 32.7 Å². The van der Waals surface area contributed by atoms with Crippen molar-refractivity contribution in [1.82, 2.24) is 29.9 Å². The van der Waals surface area contributed by atoms with Gasteiger partial charge in [-0.1, -0.05) is 48.5 Å². The summed E-state index contributed by atoms with van der Waals surface area (Å²) in [4.78, 5) is 32.8. The fraction of sp³-hybridized carbons (Fsp3) is 0.345. The fourth-order valence-corrected chi connectivity index (χ4v) is 5.05. The molecule has 2 aromatic carbocycles. The number of aromatic amines is 1. The molecule has 192 valence electrons. The molecular formula is C29H34N6O2. The van der Waals surface area contributed by atoms with E-state index in [1.807, 2.05) is 65.2 Å². The third kappa shape index (κ3) is 5.75. The molecule has 2 amide bonds. The Labute approximate surface area is 217 Å². The van der Waals surface area contributed by atoms with Crippen LogP contribution >= 0.6 is 0 Å². The van der Waals surface area contributed by atoms with Crippen molar-refractivity contribution in [3.8, 4) is 0 Å². The second-order valence-electron chi connectivity index (χ2n) is 9.76. The van der Waals surface area contributed by atoms with Crippen LogP contribution in [-0.4, -0.2) is 69.1 Å². The number of aromatic nitrogens is 3. The number of nitrogens with one attached hydrogen (secondary N) is 2. The third-order valence-corrected chi connectivity index (χ3v) is 7.28. The summed E-state index contributed by atoms with van der Waals surface area (Å²) in [6.45, 7) is 8.22. The van der Waals surface area contributed by atoms with Crippen molar-refractivity contribution < 1.29 is 9.59 Å². The Balaban J connectivity index is 1.08. The van der Waals surface area contributed by atoms with E-state index < -0.39 is 0 Å². The van der Waals surface area contributed by atoms with E-state index >= 15 is 0 Å². The van der Waals surface area contributed by atoms with Gasteiger partial charge in [-0.25, -0.2) is 0 Å². The standard InChI is InChI=1S/C29H34N6O2/c1-21-26(22(2)35(32-21)19-23-8-4-3-5-9-23)18-31-28(36)20-33-12-14-34(15-13-33)29(37)16-24-17-30-27-11-7-6-10-25(24)27/h3-11,17,30H,12-16,18-20H2,1-2H3,(H,31,36). The molecule has 1 aliphatic rings. The lowest BCUT2D eigenvalue weighted by molar-refractivity contribution is -0.132. The Morgan fingerprint density at radius 1 is 0.973 bits per heavy atom. The average Bonchev–Trinajstić information content (AvgIpc) is 3.43. The highest BCUT2D eigenvalue weighted by molar-refractivity contribution is 5.89. The number of nitrogens with zero attached hydrogens (tertiary/aromatic N) is 4. The number of carbonyl (C=O) groups excluding carboxylic acids is 2. The first kappa shape index (κ1) is 24.8. The van der Waals surface area contributed by atoms with E-state index in [4.69, 9.17) is 0 Å². The van der Waals surface area contributed by atoms with Crippen LogP contribution in [0.1, 0.15) is 28.1 Å². The molecule has 0 spiro atoms. The smallest absolute Gasteiger partial charge is 0.234 e. The normalized spacial score (nSPS) is 14.3. The second kappa shape index (κ2) is 11.0. The molecule has 1 aliphatic heterocycles. The summed E-state index contributed by atoms with van der Waals surface area (Å²) >= 11 is 0. The summed E-state index contributed by atoms with van der Waals surface area (Å²) in [6, 6.07) is 18.3. The van der Waals surface area contributed by atoms with Crippen LogP contribution in [0, 0.1) is 13.8 Å². The predicted molar refractivity (Wildman–Crippen MR) is 144 cm³/mol. The number of hydrogen-bond donors (Lipinski definition) is 2. The SMILES string of the molecule is Cc1nn(Cc2ccccc2)c(C)c1CNC(=O)CN1CCN(C(=O)Cc2c[nH]c3ccccc23)CC1. The highest BCUT2D eigenvalue weighted by Gasteiger charge is 2.23. The molecule has 5 rings (SSSR count). The van der Waals surface area contributed by atoms with Gasteiger partial charge < -0.3 is 15.2 Å². The van der Waals surface area contributed by atoms with E-state index in [2.05, 4.69) is 39.4 Å². The molecule has 4 aromatic rings. The summed E-state index contributed by atoms with van der Waals surface area (Å²) in [5.74, 6) is 0.125. The number of benzene rings is 2. The molecule has 8 heteroatoms. The van der Waals surface area contributed by atoms with E-state index in [9.17, 15) is 9.59 Å². The predicted octanol–water partition coefficient (Wildman–Crippen LogP) is 3.03. The quantitative estimate of drug-likeness (QED) is 0.391. The van der Waals surface area contributed by atoms with Gasteiger partial charge in [-0.05, 0) is 31.0 Å². The number of aryl methyl sites for hydroxylation is 1. The lowest BCUT2D eigenvalue weighted by atomic mass is 10.1. The zero-order valence-corrected chi connectivity index (χ0v) is 21.5. The Morgan fingerprint density at radius 3 is 2.49 bits per heavy atom. The van der Waals surface area contributed by atoms with Crippen molar-refractivity contribution in [1.29, 1.82) is 0 Å². The van der Waals surface area contributed by atoms with Crippen molar-refractivity contribution in [3.63, 3.8) is 0 Å². The fourth-order valence-electron chi connectivity index (χ4n) is 5.05. The largest absolute Gasteiger partial charge is 0.361 e. The maximum absolute atomic E-state index is 12.9. The van der Waals surface area contributed by atoms with Crippen LogP contribution in [0.15, 0.2) is 60.8 Å². The van der Waals surface area contributed by atoms with E-state index in [0.29, 0.717) is 52.2 Å². The van der Waals surface area contributed by atoms with E-state index in [1.165, 1.54) is 5.56 Å². The molecular weight excluding hydrogens is 464 g/mol. The van der Waals surface area contributed by atoms with Gasteiger partial charge in [0.25, 0.3) is 0 Å². The average molecular weight is 499 g/mol. The number of para-hydroxylation sites is 1. The zero-order valence-electron chi connectivity index (χ0n) is 21.5. The van der Waals surface area contributed by atoms with Crippen molar-refractivity contribution in [3.05, 3.63) is 88.9 Å². The maximum atomic E-state index is 12.9. The molecule has 1 fully saturated rings. The van der Waals surface area contributed by atoms with Crippen molar-refractivity contribution >= 4 is 22.7 Å². The highest BCUT2D eigenvalue weighted by Crippen LogP contribution is 2.19. The third-order valence-electron chi connectivity index (χ3n) is 7.28. The Kier molecular flexibility index (Phi) is 7.37. The molecule has 0 atom stereocenters. The highest BCUT2D eigenvalue weighted by atomic mass is 16.2. The molecule has 0 saturated carbocycles. The van der Waals surface area contributed by atoms with Gasteiger partial charge in [0, 0.05) is 61.1 Å². The van der Waals surface area contributed by atoms with Crippen LogP contribution < -0.4 is 5.32 Å². The maximum Gasteiger partial charge on any atom is 0.234 e. The minimum atomic E-state index is -0.00632. The molecule has 0 radical (unpaired) electrons. The summed E-state index contributed by atoms with van der Waals surface area (Å²) in [5, 5.41) is 8.85. The van der Waals surface area contributed by atoms with Crippen LogP contribution in [-0.2, 0) is 29.1 Å². The van der Waals surface area contributed by atoms with Gasteiger partial charge >= 0.3 is 0 Å². The Hall–Kier alpha value is -3.91. The van der Waals surface area contributed by atoms with Gasteiger partial charge in [-0.2, -0.15) is 5.10 Å². The van der Waals surface area contributed by atoms with Crippen LogP contribution in [0.2, 0.25) is 0 Å². The molecule has 3 heterocycles. The van der Waals surface area contributed by atoms with Crippen LogP contribution in [0.3, 0.4) is 0 Å². The molecule has 1 saturated heterocycles. The lowest BCUT2D eigenvalue weighted by Crippen LogP contribution is -2.51. The molecule has 2 N–H and O–H groups in total. The number of fused-ring (bicyclic) bond motifs is 1. The number of hydrogen-bond acceptors (Lipinski definition) is 4. The second-order valence-corrected chi connectivity index (χ2v) is 9.76. The van der Waals surface area contributed by atoms with Gasteiger partial charge in [0.15, 0.2) is 0 Å². The zero-order chi connectivity index (χ0) is 25.8. The summed E-state index contributed by atoms with van der Waals surface area (Å²) in [7, 11) is 0. The van der Waals surface area contributed by atoms with E-state index in [-0.39, 0.29) is 11.8 Å². The van der Waals surface area contributed by atoms with E-state index in [0.717, 1.165) is 33.4 Å². The topological polar surface area (TPSA) is 86.3 Å². The van der Waals surface area contributed by atoms with Crippen LogP contribution in [0.5, 0.6) is 0 Å². The van der Waals surface area contributed by atoms with Crippen molar-refractivity contribution in [2.24, 2.45) is 0 Å². The molecule has 0 bridgehead atoms. The minimum Gasteiger partial charge on any atom is -0.361 e. The van der Waals surface area contributed by atoms with Gasteiger partial charge in [-0.15, -0.1) is 0 Å². The minimum absolute atomic E-state index is 0.00632. The molecule has 0 unspecified atom stereocenters. The summed E-state index contributed by atoms with van der Waals surface area (Å²) in [6.07, 6.45) is 2.32. The lowest BCUT2D eigenvalue weighted by Gasteiger charge is -2.34. The number of amides is 2. The van der Waals surface area contributed by atoms with Crippen molar-refractivity contribution in [2.45, 2.75) is 33.4 Å². The number of carbonyl (C=O) groups is 2. The molecule has 37 heavy (non-hydrogen) atoms. The number of piperazine rings is 1. The molecule has 2 aromatic heterocycles. The van der Waals surface area contributed by atoms with Gasteiger partial charge in [-0.3, -0.25) is 19.2 Å². The summed E-state index contributed by atoms with van der Waals surface area (Å²) in [5.41, 5.74) is 6.36. The molecule has 0 aliphatic carbocycles. The monoisotopic (exact) mass is 498 g/mol. The van der Waals surface area contributed by atoms with Crippen LogP contribution in [0.25, 0.3) is 10.9 Å². The Bertz CT molecular complexity index is 1380. The van der Waals surface area contributed by atoms with Crippen LogP contribution in [0.4, 0.5) is 0 Å².